The van der Waals surface area contributed by atoms with Gasteiger partial charge in [-0.15, -0.1) is 0 Å². The SMILES string of the molecule is O=C1CCOC2(CCN(C(=O)c3ccc4cc(Cl)ccc4c3)CC2)C1. The van der Waals surface area contributed by atoms with Gasteiger partial charge in [-0.3, -0.25) is 9.59 Å². The van der Waals surface area contributed by atoms with Crippen molar-refractivity contribution < 1.29 is 14.3 Å². The van der Waals surface area contributed by atoms with Crippen LogP contribution < -0.4 is 0 Å². The molecular formula is C20H20ClNO3. The van der Waals surface area contributed by atoms with E-state index in [2.05, 4.69) is 0 Å². The molecular weight excluding hydrogens is 338 g/mol. The Hall–Kier alpha value is -1.91. The molecule has 2 aliphatic rings. The predicted octanol–water partition coefficient (Wildman–Crippen LogP) is 3.85. The fourth-order valence-corrected chi connectivity index (χ4v) is 4.03. The van der Waals surface area contributed by atoms with Crippen molar-refractivity contribution in [1.29, 1.82) is 0 Å². The molecule has 0 atom stereocenters. The molecule has 0 aliphatic carbocycles. The van der Waals surface area contributed by atoms with Crippen LogP contribution in [0.2, 0.25) is 5.02 Å². The van der Waals surface area contributed by atoms with Crippen molar-refractivity contribution in [3.63, 3.8) is 0 Å². The van der Waals surface area contributed by atoms with Gasteiger partial charge in [0, 0.05) is 36.5 Å². The van der Waals surface area contributed by atoms with E-state index in [9.17, 15) is 9.59 Å². The molecule has 25 heavy (non-hydrogen) atoms. The molecule has 2 aromatic carbocycles. The zero-order chi connectivity index (χ0) is 17.4. The maximum Gasteiger partial charge on any atom is 0.253 e. The van der Waals surface area contributed by atoms with Gasteiger partial charge in [0.2, 0.25) is 0 Å². The lowest BCUT2D eigenvalue weighted by atomic mass is 9.84. The number of piperidine rings is 1. The summed E-state index contributed by atoms with van der Waals surface area (Å²) in [6, 6.07) is 11.4. The highest BCUT2D eigenvalue weighted by molar-refractivity contribution is 6.31. The van der Waals surface area contributed by atoms with Crippen LogP contribution in [0.15, 0.2) is 36.4 Å². The number of ketones is 1. The van der Waals surface area contributed by atoms with Gasteiger partial charge in [-0.1, -0.05) is 23.7 Å². The number of fused-ring (bicyclic) bond motifs is 1. The van der Waals surface area contributed by atoms with E-state index in [4.69, 9.17) is 16.3 Å². The molecule has 4 rings (SSSR count). The Balaban J connectivity index is 1.48. The summed E-state index contributed by atoms with van der Waals surface area (Å²) >= 11 is 6.01. The number of Topliss-reactive ketones (excluding diaryl/α,β-unsaturated/α-hetero) is 1. The van der Waals surface area contributed by atoms with E-state index in [0.717, 1.165) is 23.6 Å². The van der Waals surface area contributed by atoms with Crippen molar-refractivity contribution in [2.24, 2.45) is 0 Å². The maximum atomic E-state index is 12.8. The smallest absolute Gasteiger partial charge is 0.253 e. The van der Waals surface area contributed by atoms with Gasteiger partial charge >= 0.3 is 0 Å². The summed E-state index contributed by atoms with van der Waals surface area (Å²) in [5, 5.41) is 2.72. The van der Waals surface area contributed by atoms with Crippen LogP contribution in [0.1, 0.15) is 36.0 Å². The maximum absolute atomic E-state index is 12.8. The molecule has 2 aliphatic heterocycles. The summed E-state index contributed by atoms with van der Waals surface area (Å²) in [6.07, 6.45) is 2.47. The second kappa shape index (κ2) is 6.43. The number of ether oxygens (including phenoxy) is 1. The number of nitrogens with zero attached hydrogens (tertiary/aromatic N) is 1. The molecule has 2 fully saturated rings. The molecule has 0 bridgehead atoms. The number of rotatable bonds is 1. The average molecular weight is 358 g/mol. The van der Waals surface area contributed by atoms with E-state index in [0.29, 0.717) is 43.1 Å². The van der Waals surface area contributed by atoms with Gasteiger partial charge in [0.05, 0.1) is 12.2 Å². The number of amides is 1. The third kappa shape index (κ3) is 3.29. The van der Waals surface area contributed by atoms with Crippen molar-refractivity contribution in [2.45, 2.75) is 31.3 Å². The highest BCUT2D eigenvalue weighted by Crippen LogP contribution is 2.34. The summed E-state index contributed by atoms with van der Waals surface area (Å²) in [4.78, 5) is 26.5. The fourth-order valence-electron chi connectivity index (χ4n) is 3.85. The molecule has 0 unspecified atom stereocenters. The Bertz CT molecular complexity index is 840. The van der Waals surface area contributed by atoms with E-state index < -0.39 is 0 Å². The van der Waals surface area contributed by atoms with Gasteiger partial charge < -0.3 is 9.64 Å². The van der Waals surface area contributed by atoms with Crippen molar-refractivity contribution in [2.75, 3.05) is 19.7 Å². The van der Waals surface area contributed by atoms with Crippen LogP contribution in [-0.2, 0) is 9.53 Å². The van der Waals surface area contributed by atoms with Crippen molar-refractivity contribution in [3.05, 3.63) is 47.0 Å². The number of likely N-dealkylation sites (tertiary alicyclic amines) is 1. The Kier molecular flexibility index (Phi) is 4.26. The van der Waals surface area contributed by atoms with Crippen molar-refractivity contribution in [3.8, 4) is 0 Å². The molecule has 5 heteroatoms. The van der Waals surface area contributed by atoms with Gasteiger partial charge in [0.25, 0.3) is 5.91 Å². The molecule has 2 aromatic rings. The van der Waals surface area contributed by atoms with E-state index >= 15 is 0 Å². The number of carbonyl (C=O) groups excluding carboxylic acids is 2. The fraction of sp³-hybridized carbons (Fsp3) is 0.400. The quantitative estimate of drug-likeness (QED) is 0.778. The zero-order valence-corrected chi connectivity index (χ0v) is 14.7. The topological polar surface area (TPSA) is 46.6 Å². The van der Waals surface area contributed by atoms with Crippen LogP contribution in [0.3, 0.4) is 0 Å². The second-order valence-electron chi connectivity index (χ2n) is 7.00. The minimum absolute atomic E-state index is 0.0360. The Morgan fingerprint density at radius 2 is 1.80 bits per heavy atom. The predicted molar refractivity (Wildman–Crippen MR) is 97.0 cm³/mol. The molecule has 2 saturated heterocycles. The minimum atomic E-state index is -0.341. The van der Waals surface area contributed by atoms with Gasteiger partial charge in [-0.05, 0) is 47.9 Å². The van der Waals surface area contributed by atoms with Gasteiger partial charge in [-0.25, -0.2) is 0 Å². The largest absolute Gasteiger partial charge is 0.374 e. The summed E-state index contributed by atoms with van der Waals surface area (Å²) in [5.41, 5.74) is 0.345. The first-order valence-corrected chi connectivity index (χ1v) is 9.07. The number of hydrogen-bond acceptors (Lipinski definition) is 3. The summed E-state index contributed by atoms with van der Waals surface area (Å²) in [5.74, 6) is 0.313. The number of benzene rings is 2. The molecule has 0 radical (unpaired) electrons. The van der Waals surface area contributed by atoms with Crippen LogP contribution in [-0.4, -0.2) is 41.9 Å². The second-order valence-corrected chi connectivity index (χ2v) is 7.43. The summed E-state index contributed by atoms with van der Waals surface area (Å²) < 4.78 is 5.91. The first-order valence-electron chi connectivity index (χ1n) is 8.69. The Labute approximate surface area is 151 Å². The van der Waals surface area contributed by atoms with E-state index in [1.165, 1.54) is 0 Å². The van der Waals surface area contributed by atoms with Gasteiger partial charge in [-0.2, -0.15) is 0 Å². The minimum Gasteiger partial charge on any atom is -0.374 e. The summed E-state index contributed by atoms with van der Waals surface area (Å²) in [6.45, 7) is 1.77. The zero-order valence-electron chi connectivity index (χ0n) is 14.0. The van der Waals surface area contributed by atoms with E-state index in [1.54, 1.807) is 0 Å². The van der Waals surface area contributed by atoms with Crippen molar-refractivity contribution in [1.82, 2.24) is 4.90 Å². The average Bonchev–Trinajstić information content (AvgIpc) is 2.61. The van der Waals surface area contributed by atoms with Gasteiger partial charge in [0.15, 0.2) is 0 Å². The third-order valence-corrected chi connectivity index (χ3v) is 5.55. The molecule has 0 aromatic heterocycles. The molecule has 1 spiro atoms. The monoisotopic (exact) mass is 357 g/mol. The lowest BCUT2D eigenvalue weighted by Crippen LogP contribution is -2.50. The molecule has 1 amide bonds. The van der Waals surface area contributed by atoms with E-state index in [1.807, 2.05) is 41.3 Å². The normalized spacial score (nSPS) is 20.2. The van der Waals surface area contributed by atoms with Crippen molar-refractivity contribution >= 4 is 34.1 Å². The number of hydrogen-bond donors (Lipinski definition) is 0. The standard InChI is InChI=1S/C20H20ClNO3/c21-17-4-3-14-11-16(2-1-15(14)12-17)19(24)22-8-6-20(7-9-22)13-18(23)5-10-25-20/h1-4,11-12H,5-10,13H2. The molecule has 0 saturated carbocycles. The molecule has 130 valence electrons. The molecule has 4 nitrogen and oxygen atoms in total. The number of halogens is 1. The molecule has 2 heterocycles. The lowest BCUT2D eigenvalue weighted by molar-refractivity contribution is -0.146. The lowest BCUT2D eigenvalue weighted by Gasteiger charge is -2.43. The third-order valence-electron chi connectivity index (χ3n) is 5.32. The van der Waals surface area contributed by atoms with Crippen LogP contribution in [0.25, 0.3) is 10.8 Å². The Morgan fingerprint density at radius 3 is 2.56 bits per heavy atom. The van der Waals surface area contributed by atoms with Crippen LogP contribution >= 0.6 is 11.6 Å². The molecule has 0 N–H and O–H groups in total. The van der Waals surface area contributed by atoms with Crippen LogP contribution in [0.5, 0.6) is 0 Å². The van der Waals surface area contributed by atoms with Crippen LogP contribution in [0, 0.1) is 0 Å². The first-order chi connectivity index (χ1) is 12.0. The van der Waals surface area contributed by atoms with Gasteiger partial charge in [0.1, 0.15) is 5.78 Å². The first kappa shape index (κ1) is 16.6. The summed E-state index contributed by atoms with van der Waals surface area (Å²) in [7, 11) is 0. The highest BCUT2D eigenvalue weighted by atomic mass is 35.5. The number of carbonyl (C=O) groups is 2. The Morgan fingerprint density at radius 1 is 1.08 bits per heavy atom. The highest BCUT2D eigenvalue weighted by Gasteiger charge is 2.40. The van der Waals surface area contributed by atoms with E-state index in [-0.39, 0.29) is 17.3 Å². The van der Waals surface area contributed by atoms with Crippen LogP contribution in [0.4, 0.5) is 0 Å².